The first kappa shape index (κ1) is 11.6. The third-order valence-electron chi connectivity index (χ3n) is 3.89. The van der Waals surface area contributed by atoms with E-state index in [0.29, 0.717) is 17.5 Å². The molecule has 88 valence electrons. The minimum Gasteiger partial charge on any atom is -0.307 e. The Bertz CT molecular complexity index is 332. The monoisotopic (exact) mass is 218 g/mol. The van der Waals surface area contributed by atoms with Crippen LogP contribution in [-0.4, -0.2) is 11.0 Å². The average Bonchev–Trinajstić information content (AvgIpc) is 2.59. The number of rotatable bonds is 3. The summed E-state index contributed by atoms with van der Waals surface area (Å²) in [7, 11) is 0. The van der Waals surface area contributed by atoms with Crippen molar-refractivity contribution in [3.63, 3.8) is 0 Å². The first-order chi connectivity index (χ1) is 7.59. The van der Waals surface area contributed by atoms with Gasteiger partial charge in [0.15, 0.2) is 0 Å². The summed E-state index contributed by atoms with van der Waals surface area (Å²) in [6.45, 7) is 6.96. The van der Waals surface area contributed by atoms with Gasteiger partial charge in [-0.1, -0.05) is 26.3 Å². The predicted molar refractivity (Wildman–Crippen MR) is 67.2 cm³/mol. The van der Waals surface area contributed by atoms with Crippen LogP contribution >= 0.6 is 0 Å². The molecule has 1 aromatic rings. The maximum atomic E-state index is 4.18. The fourth-order valence-electron chi connectivity index (χ4n) is 2.67. The molecule has 2 atom stereocenters. The topological polar surface area (TPSA) is 24.9 Å². The molecule has 0 aliphatic heterocycles. The van der Waals surface area contributed by atoms with Crippen molar-refractivity contribution in [2.24, 2.45) is 5.41 Å². The summed E-state index contributed by atoms with van der Waals surface area (Å²) in [4.78, 5) is 4.18. The maximum Gasteiger partial charge on any atom is 0.0315 e. The summed E-state index contributed by atoms with van der Waals surface area (Å²) >= 11 is 0. The normalized spacial score (nSPS) is 25.6. The Kier molecular flexibility index (Phi) is 3.29. The van der Waals surface area contributed by atoms with Crippen molar-refractivity contribution in [3.05, 3.63) is 30.1 Å². The molecule has 2 nitrogen and oxygen atoms in total. The lowest BCUT2D eigenvalue weighted by molar-refractivity contribution is 0.266. The summed E-state index contributed by atoms with van der Waals surface area (Å²) in [5.41, 5.74) is 1.72. The summed E-state index contributed by atoms with van der Waals surface area (Å²) < 4.78 is 0. The van der Waals surface area contributed by atoms with E-state index in [1.165, 1.54) is 24.8 Å². The quantitative estimate of drug-likeness (QED) is 0.842. The van der Waals surface area contributed by atoms with Crippen LogP contribution in [0, 0.1) is 5.41 Å². The Hall–Kier alpha value is -0.890. The van der Waals surface area contributed by atoms with Crippen molar-refractivity contribution < 1.29 is 0 Å². The van der Waals surface area contributed by atoms with Crippen LogP contribution in [0.5, 0.6) is 0 Å². The molecule has 1 saturated carbocycles. The van der Waals surface area contributed by atoms with E-state index >= 15 is 0 Å². The highest BCUT2D eigenvalue weighted by Crippen LogP contribution is 2.38. The van der Waals surface area contributed by atoms with Gasteiger partial charge in [0, 0.05) is 24.5 Å². The third kappa shape index (κ3) is 2.43. The molecule has 0 amide bonds. The Morgan fingerprint density at radius 1 is 1.50 bits per heavy atom. The lowest BCUT2D eigenvalue weighted by Gasteiger charge is -2.30. The fraction of sp³-hybridized carbons (Fsp3) is 0.643. The molecule has 2 heteroatoms. The third-order valence-corrected chi connectivity index (χ3v) is 3.89. The summed E-state index contributed by atoms with van der Waals surface area (Å²) in [5.74, 6) is 0. The second-order valence-electron chi connectivity index (χ2n) is 5.61. The van der Waals surface area contributed by atoms with Crippen molar-refractivity contribution in [1.29, 1.82) is 0 Å². The Labute approximate surface area is 98.5 Å². The highest BCUT2D eigenvalue weighted by Gasteiger charge is 2.34. The second kappa shape index (κ2) is 4.54. The van der Waals surface area contributed by atoms with Gasteiger partial charge in [-0.25, -0.2) is 0 Å². The SMILES string of the molecule is C[C@H](NC1CCCC1(C)C)c1cccnc1. The van der Waals surface area contributed by atoms with Gasteiger partial charge in [0.1, 0.15) is 0 Å². The molecule has 1 fully saturated rings. The van der Waals surface area contributed by atoms with Gasteiger partial charge in [0.25, 0.3) is 0 Å². The molecule has 1 unspecified atom stereocenters. The molecule has 1 heterocycles. The second-order valence-corrected chi connectivity index (χ2v) is 5.61. The minimum absolute atomic E-state index is 0.399. The van der Waals surface area contributed by atoms with Crippen LogP contribution in [0.2, 0.25) is 0 Å². The Morgan fingerprint density at radius 3 is 2.88 bits per heavy atom. The van der Waals surface area contributed by atoms with Gasteiger partial charge in [0.2, 0.25) is 0 Å². The molecule has 2 rings (SSSR count). The molecule has 16 heavy (non-hydrogen) atoms. The zero-order valence-corrected chi connectivity index (χ0v) is 10.5. The maximum absolute atomic E-state index is 4.18. The molecule has 0 aromatic carbocycles. The van der Waals surface area contributed by atoms with E-state index in [9.17, 15) is 0 Å². The first-order valence-electron chi connectivity index (χ1n) is 6.25. The smallest absolute Gasteiger partial charge is 0.0315 e. The lowest BCUT2D eigenvalue weighted by Crippen LogP contribution is -2.39. The van der Waals surface area contributed by atoms with Crippen molar-refractivity contribution in [3.8, 4) is 0 Å². The van der Waals surface area contributed by atoms with Gasteiger partial charge in [-0.15, -0.1) is 0 Å². The van der Waals surface area contributed by atoms with E-state index in [0.717, 1.165) is 0 Å². The molecule has 1 aliphatic rings. The van der Waals surface area contributed by atoms with Gasteiger partial charge < -0.3 is 5.32 Å². The van der Waals surface area contributed by atoms with Crippen LogP contribution in [0.1, 0.15) is 51.6 Å². The van der Waals surface area contributed by atoms with Crippen LogP contribution < -0.4 is 5.32 Å². The Balaban J connectivity index is 2.00. The van der Waals surface area contributed by atoms with Crippen LogP contribution in [0.4, 0.5) is 0 Å². The van der Waals surface area contributed by atoms with Gasteiger partial charge in [-0.3, -0.25) is 4.98 Å². The van der Waals surface area contributed by atoms with E-state index in [1.54, 1.807) is 0 Å². The largest absolute Gasteiger partial charge is 0.307 e. The lowest BCUT2D eigenvalue weighted by atomic mass is 9.87. The molecule has 1 N–H and O–H groups in total. The van der Waals surface area contributed by atoms with Gasteiger partial charge >= 0.3 is 0 Å². The number of aromatic nitrogens is 1. The summed E-state index contributed by atoms with van der Waals surface area (Å²) in [5, 5.41) is 3.75. The predicted octanol–water partition coefficient (Wildman–Crippen LogP) is 3.31. The molecule has 1 aliphatic carbocycles. The number of pyridine rings is 1. The highest BCUT2D eigenvalue weighted by molar-refractivity contribution is 5.13. The molecule has 0 saturated heterocycles. The van der Waals surface area contributed by atoms with Crippen molar-refractivity contribution in [2.45, 2.75) is 52.1 Å². The van der Waals surface area contributed by atoms with Crippen LogP contribution in [0.25, 0.3) is 0 Å². The highest BCUT2D eigenvalue weighted by atomic mass is 15.0. The molecular formula is C14H22N2. The Morgan fingerprint density at radius 2 is 2.31 bits per heavy atom. The molecule has 0 spiro atoms. The molecule has 1 aromatic heterocycles. The van der Waals surface area contributed by atoms with E-state index in [-0.39, 0.29) is 0 Å². The van der Waals surface area contributed by atoms with Crippen molar-refractivity contribution in [2.75, 3.05) is 0 Å². The number of nitrogens with one attached hydrogen (secondary N) is 1. The van der Waals surface area contributed by atoms with Crippen molar-refractivity contribution in [1.82, 2.24) is 10.3 Å². The number of nitrogens with zero attached hydrogens (tertiary/aromatic N) is 1. The minimum atomic E-state index is 0.399. The van der Waals surface area contributed by atoms with E-state index in [1.807, 2.05) is 18.5 Å². The van der Waals surface area contributed by atoms with E-state index in [2.05, 4.69) is 37.1 Å². The molecular weight excluding hydrogens is 196 g/mol. The van der Waals surface area contributed by atoms with E-state index in [4.69, 9.17) is 0 Å². The first-order valence-corrected chi connectivity index (χ1v) is 6.25. The summed E-state index contributed by atoms with van der Waals surface area (Å²) in [6.07, 6.45) is 7.78. The van der Waals surface area contributed by atoms with Crippen molar-refractivity contribution >= 4 is 0 Å². The zero-order chi connectivity index (χ0) is 11.6. The van der Waals surface area contributed by atoms with Gasteiger partial charge in [-0.2, -0.15) is 0 Å². The average molecular weight is 218 g/mol. The van der Waals surface area contributed by atoms with Crippen LogP contribution in [0.15, 0.2) is 24.5 Å². The molecule has 0 bridgehead atoms. The molecule has 0 radical (unpaired) electrons. The standard InChI is InChI=1S/C14H22N2/c1-11(12-6-5-9-15-10-12)16-13-7-4-8-14(13,2)3/h5-6,9-11,13,16H,4,7-8H2,1-3H3/t11-,13?/m0/s1. The number of hydrogen-bond acceptors (Lipinski definition) is 2. The summed E-state index contributed by atoms with van der Waals surface area (Å²) in [6, 6.07) is 5.19. The van der Waals surface area contributed by atoms with E-state index < -0.39 is 0 Å². The zero-order valence-electron chi connectivity index (χ0n) is 10.5. The van der Waals surface area contributed by atoms with Gasteiger partial charge in [-0.05, 0) is 36.8 Å². The van der Waals surface area contributed by atoms with Gasteiger partial charge in [0.05, 0.1) is 0 Å². The number of hydrogen-bond donors (Lipinski definition) is 1. The van der Waals surface area contributed by atoms with Crippen LogP contribution in [-0.2, 0) is 0 Å². The fourth-order valence-corrected chi connectivity index (χ4v) is 2.67. The van der Waals surface area contributed by atoms with Crippen LogP contribution in [0.3, 0.4) is 0 Å².